The number of carbonyl (C=O) groups excluding carboxylic acids is 2. The number of nitrogens with zero attached hydrogens (tertiary/aromatic N) is 3. The van der Waals surface area contributed by atoms with Crippen LogP contribution in [0.4, 0.5) is 11.4 Å². The van der Waals surface area contributed by atoms with Gasteiger partial charge < -0.3 is 20.0 Å². The van der Waals surface area contributed by atoms with Gasteiger partial charge in [-0.25, -0.2) is 0 Å². The molecule has 2 fully saturated rings. The summed E-state index contributed by atoms with van der Waals surface area (Å²) in [6.45, 7) is 2.86. The van der Waals surface area contributed by atoms with Gasteiger partial charge in [-0.2, -0.15) is 0 Å². The van der Waals surface area contributed by atoms with E-state index in [1.165, 1.54) is 6.07 Å². The average Bonchev–Trinajstić information content (AvgIpc) is 3.46. The van der Waals surface area contributed by atoms with E-state index in [0.717, 1.165) is 17.7 Å². The van der Waals surface area contributed by atoms with Crippen molar-refractivity contribution in [3.8, 4) is 0 Å². The van der Waals surface area contributed by atoms with Crippen LogP contribution in [0.1, 0.15) is 23.2 Å². The van der Waals surface area contributed by atoms with E-state index in [9.17, 15) is 19.7 Å². The molecule has 0 unspecified atom stereocenters. The van der Waals surface area contributed by atoms with Crippen molar-refractivity contribution in [1.29, 1.82) is 0 Å². The predicted molar refractivity (Wildman–Crippen MR) is 99.9 cm³/mol. The Morgan fingerprint density at radius 3 is 2.52 bits per heavy atom. The Hall–Kier alpha value is -2.68. The van der Waals surface area contributed by atoms with E-state index in [4.69, 9.17) is 0 Å². The number of hydrogen-bond donors (Lipinski definition) is 2. The molecule has 27 heavy (non-hydrogen) atoms. The summed E-state index contributed by atoms with van der Waals surface area (Å²) in [4.78, 5) is 39.9. The molecule has 1 aromatic carbocycles. The van der Waals surface area contributed by atoms with Gasteiger partial charge in [0.2, 0.25) is 0 Å². The van der Waals surface area contributed by atoms with Crippen molar-refractivity contribution >= 4 is 23.2 Å². The Morgan fingerprint density at radius 2 is 1.96 bits per heavy atom. The molecule has 1 aliphatic carbocycles. The van der Waals surface area contributed by atoms with Crippen LogP contribution >= 0.6 is 0 Å². The first-order valence-corrected chi connectivity index (χ1v) is 9.23. The van der Waals surface area contributed by atoms with Crippen LogP contribution < -0.4 is 10.2 Å². The van der Waals surface area contributed by atoms with Crippen molar-refractivity contribution < 1.29 is 19.4 Å². The topological polar surface area (TPSA) is 100 Å². The van der Waals surface area contributed by atoms with Crippen LogP contribution in [0, 0.1) is 10.1 Å². The number of carbonyl (C=O) groups is 2. The van der Waals surface area contributed by atoms with Gasteiger partial charge in [0.1, 0.15) is 5.69 Å². The SMILES string of the molecule is CN(C)C(=O)C[NH+]1CCN(C(=O)c2ccc(NC3CC3)c([N+](=O)[O-])c2)CC1. The van der Waals surface area contributed by atoms with Crippen LogP contribution in [0.2, 0.25) is 0 Å². The van der Waals surface area contributed by atoms with E-state index < -0.39 is 4.92 Å². The van der Waals surface area contributed by atoms with Crippen molar-refractivity contribution in [3.05, 3.63) is 33.9 Å². The van der Waals surface area contributed by atoms with Gasteiger partial charge in [-0.05, 0) is 25.0 Å². The molecule has 3 rings (SSSR count). The molecule has 1 aromatic rings. The molecule has 146 valence electrons. The van der Waals surface area contributed by atoms with Gasteiger partial charge in [-0.15, -0.1) is 0 Å². The molecule has 1 heterocycles. The lowest BCUT2D eigenvalue weighted by Gasteiger charge is -2.32. The average molecular weight is 376 g/mol. The monoisotopic (exact) mass is 376 g/mol. The van der Waals surface area contributed by atoms with Crippen LogP contribution in [0.25, 0.3) is 0 Å². The number of piperazine rings is 1. The number of nitro groups is 1. The number of quaternary nitrogens is 1. The first-order valence-electron chi connectivity index (χ1n) is 9.23. The largest absolute Gasteiger partial charge is 0.377 e. The maximum atomic E-state index is 12.8. The van der Waals surface area contributed by atoms with Crippen LogP contribution in [0.15, 0.2) is 18.2 Å². The van der Waals surface area contributed by atoms with E-state index >= 15 is 0 Å². The Bertz CT molecular complexity index is 739. The van der Waals surface area contributed by atoms with Crippen LogP contribution in [0.5, 0.6) is 0 Å². The van der Waals surface area contributed by atoms with Crippen molar-refractivity contribution in [2.75, 3.05) is 52.1 Å². The predicted octanol–water partition coefficient (Wildman–Crippen LogP) is -0.402. The van der Waals surface area contributed by atoms with Gasteiger partial charge in [-0.3, -0.25) is 19.7 Å². The second-order valence-corrected chi connectivity index (χ2v) is 7.41. The molecule has 1 saturated carbocycles. The molecule has 0 aromatic heterocycles. The minimum Gasteiger partial charge on any atom is -0.377 e. The lowest BCUT2D eigenvalue weighted by atomic mass is 10.1. The zero-order valence-corrected chi connectivity index (χ0v) is 15.7. The molecular weight excluding hydrogens is 350 g/mol. The van der Waals surface area contributed by atoms with Crippen LogP contribution in [0.3, 0.4) is 0 Å². The second-order valence-electron chi connectivity index (χ2n) is 7.41. The number of hydrogen-bond acceptors (Lipinski definition) is 5. The molecule has 0 atom stereocenters. The number of benzene rings is 1. The first-order chi connectivity index (χ1) is 12.8. The van der Waals surface area contributed by atoms with Gasteiger partial charge in [-0.1, -0.05) is 0 Å². The molecule has 0 radical (unpaired) electrons. The fraction of sp³-hybridized carbons (Fsp3) is 0.556. The molecule has 0 bridgehead atoms. The molecule has 9 heteroatoms. The molecule has 0 spiro atoms. The zero-order valence-electron chi connectivity index (χ0n) is 15.7. The minimum atomic E-state index is -0.448. The Labute approximate surface area is 158 Å². The molecule has 1 aliphatic heterocycles. The highest BCUT2D eigenvalue weighted by molar-refractivity contribution is 5.95. The standard InChI is InChI=1S/C18H25N5O4/c1-20(2)17(24)12-21-7-9-22(10-8-21)18(25)13-3-6-15(19-14-4-5-14)16(11-13)23(26)27/h3,6,11,14,19H,4-5,7-10,12H2,1-2H3/p+1. The third-order valence-corrected chi connectivity index (χ3v) is 5.04. The third kappa shape index (κ3) is 4.73. The molecule has 2 N–H and O–H groups in total. The Balaban J connectivity index is 1.63. The quantitative estimate of drug-likeness (QED) is 0.520. The number of rotatable bonds is 6. The normalized spacial score (nSPS) is 17.5. The lowest BCUT2D eigenvalue weighted by molar-refractivity contribution is -0.896. The van der Waals surface area contributed by atoms with E-state index in [1.54, 1.807) is 36.0 Å². The van der Waals surface area contributed by atoms with Gasteiger partial charge >= 0.3 is 0 Å². The van der Waals surface area contributed by atoms with E-state index in [2.05, 4.69) is 5.32 Å². The third-order valence-electron chi connectivity index (χ3n) is 5.04. The van der Waals surface area contributed by atoms with E-state index in [0.29, 0.717) is 50.0 Å². The maximum Gasteiger partial charge on any atom is 0.293 e. The van der Waals surface area contributed by atoms with Crippen molar-refractivity contribution in [2.24, 2.45) is 0 Å². The summed E-state index contributed by atoms with van der Waals surface area (Å²) in [5, 5.41) is 14.5. The molecule has 1 saturated heterocycles. The molecule has 2 aliphatic rings. The summed E-state index contributed by atoms with van der Waals surface area (Å²) in [5.74, 6) is -0.131. The van der Waals surface area contributed by atoms with Crippen LogP contribution in [-0.4, -0.2) is 79.4 Å². The number of likely N-dealkylation sites (N-methyl/N-ethyl adjacent to an activating group) is 1. The number of nitro benzene ring substituents is 1. The van der Waals surface area contributed by atoms with Gasteiger partial charge in [0.25, 0.3) is 17.5 Å². The highest BCUT2D eigenvalue weighted by Gasteiger charge is 2.29. The fourth-order valence-corrected chi connectivity index (χ4v) is 3.14. The summed E-state index contributed by atoms with van der Waals surface area (Å²) in [5.41, 5.74) is 0.736. The maximum absolute atomic E-state index is 12.8. The van der Waals surface area contributed by atoms with Crippen molar-refractivity contribution in [2.45, 2.75) is 18.9 Å². The zero-order chi connectivity index (χ0) is 19.6. The Kier molecular flexibility index (Phi) is 5.59. The Morgan fingerprint density at radius 1 is 1.30 bits per heavy atom. The lowest BCUT2D eigenvalue weighted by Crippen LogP contribution is -3.15. The van der Waals surface area contributed by atoms with Crippen molar-refractivity contribution in [3.63, 3.8) is 0 Å². The number of anilines is 1. The molecule has 2 amide bonds. The fourth-order valence-electron chi connectivity index (χ4n) is 3.14. The summed E-state index contributed by atoms with van der Waals surface area (Å²) in [6, 6.07) is 4.93. The second kappa shape index (κ2) is 7.91. The molecule has 9 nitrogen and oxygen atoms in total. The molecular formula is C18H26N5O4+. The van der Waals surface area contributed by atoms with Gasteiger partial charge in [0.05, 0.1) is 31.1 Å². The summed E-state index contributed by atoms with van der Waals surface area (Å²) in [7, 11) is 3.46. The first kappa shape index (κ1) is 19.1. The summed E-state index contributed by atoms with van der Waals surface area (Å²) >= 11 is 0. The summed E-state index contributed by atoms with van der Waals surface area (Å²) < 4.78 is 0. The smallest absolute Gasteiger partial charge is 0.293 e. The van der Waals surface area contributed by atoms with Gasteiger partial charge in [0, 0.05) is 31.8 Å². The highest BCUT2D eigenvalue weighted by Crippen LogP contribution is 2.31. The van der Waals surface area contributed by atoms with Crippen molar-refractivity contribution in [1.82, 2.24) is 9.80 Å². The highest BCUT2D eigenvalue weighted by atomic mass is 16.6. The van der Waals surface area contributed by atoms with E-state index in [1.807, 2.05) is 0 Å². The van der Waals surface area contributed by atoms with Crippen LogP contribution in [-0.2, 0) is 4.79 Å². The van der Waals surface area contributed by atoms with E-state index in [-0.39, 0.29) is 17.5 Å². The number of amides is 2. The minimum absolute atomic E-state index is 0.0615. The summed E-state index contributed by atoms with van der Waals surface area (Å²) in [6.07, 6.45) is 2.03. The van der Waals surface area contributed by atoms with Gasteiger partial charge in [0.15, 0.2) is 6.54 Å². The number of nitrogens with one attached hydrogen (secondary N) is 2.